The van der Waals surface area contributed by atoms with Gasteiger partial charge in [-0.1, -0.05) is 0 Å². The van der Waals surface area contributed by atoms with Gasteiger partial charge in [0.1, 0.15) is 5.75 Å². The van der Waals surface area contributed by atoms with Gasteiger partial charge in [-0.3, -0.25) is 14.4 Å². The van der Waals surface area contributed by atoms with E-state index < -0.39 is 5.97 Å². The van der Waals surface area contributed by atoms with Crippen LogP contribution in [0, 0.1) is 6.92 Å². The van der Waals surface area contributed by atoms with Crippen molar-refractivity contribution in [2.75, 3.05) is 0 Å². The van der Waals surface area contributed by atoms with Crippen molar-refractivity contribution in [3.8, 4) is 5.75 Å². The minimum atomic E-state index is -0.756. The summed E-state index contributed by atoms with van der Waals surface area (Å²) in [5.41, 5.74) is 0.542. The fourth-order valence-electron chi connectivity index (χ4n) is 1.08. The van der Waals surface area contributed by atoms with Crippen molar-refractivity contribution in [1.29, 1.82) is 0 Å². The molecule has 1 rings (SSSR count). The van der Waals surface area contributed by atoms with Crippen molar-refractivity contribution in [3.63, 3.8) is 0 Å². The van der Waals surface area contributed by atoms with Gasteiger partial charge in [0.2, 0.25) is 0 Å². The van der Waals surface area contributed by atoms with Crippen molar-refractivity contribution in [2.45, 2.75) is 6.92 Å². The molecule has 0 spiro atoms. The van der Waals surface area contributed by atoms with Crippen molar-refractivity contribution in [1.82, 2.24) is 0 Å². The zero-order valence-corrected chi connectivity index (χ0v) is 8.15. The number of aldehydes is 1. The Hall–Kier alpha value is -1.97. The number of hydrogen-bond acceptors (Lipinski definition) is 4. The molecule has 1 radical (unpaired) electrons. The quantitative estimate of drug-likeness (QED) is 0.324. The predicted molar refractivity (Wildman–Crippen MR) is 52.8 cm³/mol. The summed E-state index contributed by atoms with van der Waals surface area (Å²) < 4.78 is 4.68. The Bertz CT molecular complexity index is 421. The number of Topliss-reactive ketones (excluding diaryl/α,β-unsaturated/α-hetero) is 1. The standard InChI is InChI=1S/C11H9O4/c1-7(13)9-3-4-11(15-8(2)14)10(5-9)6-12/h3-6H,2H2,1H3. The number of ether oxygens (including phenoxy) is 1. The lowest BCUT2D eigenvalue weighted by molar-refractivity contribution is -0.129. The zero-order valence-electron chi connectivity index (χ0n) is 8.15. The van der Waals surface area contributed by atoms with Crippen LogP contribution in [0.5, 0.6) is 5.75 Å². The molecule has 0 fully saturated rings. The maximum atomic E-state index is 11.0. The zero-order chi connectivity index (χ0) is 11.4. The van der Waals surface area contributed by atoms with Crippen LogP contribution >= 0.6 is 0 Å². The summed E-state index contributed by atoms with van der Waals surface area (Å²) in [6, 6.07) is 4.24. The van der Waals surface area contributed by atoms with E-state index in [1.165, 1.54) is 25.1 Å². The lowest BCUT2D eigenvalue weighted by Gasteiger charge is -2.05. The molecule has 0 N–H and O–H groups in total. The molecule has 0 aliphatic heterocycles. The van der Waals surface area contributed by atoms with Crippen molar-refractivity contribution in [2.24, 2.45) is 0 Å². The SMILES string of the molecule is [CH2]C(=O)Oc1ccc(C(C)=O)cc1C=O. The van der Waals surface area contributed by atoms with Gasteiger partial charge >= 0.3 is 5.97 Å². The summed E-state index contributed by atoms with van der Waals surface area (Å²) in [5, 5.41) is 0. The van der Waals surface area contributed by atoms with Gasteiger partial charge in [0, 0.05) is 5.56 Å². The predicted octanol–water partition coefficient (Wildman–Crippen LogP) is 1.44. The highest BCUT2D eigenvalue weighted by molar-refractivity contribution is 5.96. The van der Waals surface area contributed by atoms with E-state index in [4.69, 9.17) is 0 Å². The minimum absolute atomic E-state index is 0.106. The molecule has 4 heteroatoms. The molecular weight excluding hydrogens is 196 g/mol. The molecule has 0 aliphatic rings. The fraction of sp³-hybridized carbons (Fsp3) is 0.0909. The van der Waals surface area contributed by atoms with E-state index in [0.29, 0.717) is 11.8 Å². The number of ketones is 1. The first-order chi connectivity index (χ1) is 7.04. The van der Waals surface area contributed by atoms with Crippen LogP contribution in [0.1, 0.15) is 27.6 Å². The van der Waals surface area contributed by atoms with Gasteiger partial charge in [-0.2, -0.15) is 0 Å². The van der Waals surface area contributed by atoms with Crippen LogP contribution in [0.4, 0.5) is 0 Å². The largest absolute Gasteiger partial charge is 0.426 e. The van der Waals surface area contributed by atoms with Gasteiger partial charge in [0.25, 0.3) is 0 Å². The molecule has 4 nitrogen and oxygen atoms in total. The molecule has 0 aromatic heterocycles. The number of hydrogen-bond donors (Lipinski definition) is 0. The Morgan fingerprint density at radius 3 is 2.53 bits per heavy atom. The highest BCUT2D eigenvalue weighted by atomic mass is 16.5. The van der Waals surface area contributed by atoms with Crippen LogP contribution in [0.15, 0.2) is 18.2 Å². The van der Waals surface area contributed by atoms with Crippen LogP contribution in [0.2, 0.25) is 0 Å². The smallest absolute Gasteiger partial charge is 0.311 e. The van der Waals surface area contributed by atoms with Gasteiger partial charge in [-0.05, 0) is 25.1 Å². The molecule has 77 valence electrons. The fourth-order valence-corrected chi connectivity index (χ4v) is 1.08. The van der Waals surface area contributed by atoms with Crippen molar-refractivity contribution >= 4 is 18.0 Å². The van der Waals surface area contributed by atoms with Gasteiger partial charge in [-0.15, -0.1) is 0 Å². The number of benzene rings is 1. The Morgan fingerprint density at radius 2 is 2.07 bits per heavy atom. The third-order valence-electron chi connectivity index (χ3n) is 1.77. The van der Waals surface area contributed by atoms with Crippen LogP contribution in [-0.2, 0) is 4.79 Å². The molecule has 15 heavy (non-hydrogen) atoms. The normalized spacial score (nSPS) is 9.47. The molecular formula is C11H9O4. The van der Waals surface area contributed by atoms with Crippen molar-refractivity contribution in [3.05, 3.63) is 36.2 Å². The first-order valence-electron chi connectivity index (χ1n) is 4.18. The Kier molecular flexibility index (Phi) is 3.33. The average molecular weight is 205 g/mol. The molecule has 0 unspecified atom stereocenters. The summed E-state index contributed by atoms with van der Waals surface area (Å²) >= 11 is 0. The van der Waals surface area contributed by atoms with E-state index >= 15 is 0 Å². The number of rotatable bonds is 3. The third-order valence-corrected chi connectivity index (χ3v) is 1.77. The minimum Gasteiger partial charge on any atom is -0.426 e. The molecule has 0 aliphatic carbocycles. The average Bonchev–Trinajstić information content (AvgIpc) is 2.17. The highest BCUT2D eigenvalue weighted by Crippen LogP contribution is 2.18. The molecule has 0 amide bonds. The van der Waals surface area contributed by atoms with Crippen LogP contribution in [-0.4, -0.2) is 18.0 Å². The van der Waals surface area contributed by atoms with Crippen LogP contribution < -0.4 is 4.74 Å². The molecule has 0 saturated heterocycles. The molecule has 1 aromatic carbocycles. The topological polar surface area (TPSA) is 60.4 Å². The highest BCUT2D eigenvalue weighted by Gasteiger charge is 2.08. The lowest BCUT2D eigenvalue weighted by Crippen LogP contribution is -2.05. The maximum absolute atomic E-state index is 11.0. The summed E-state index contributed by atoms with van der Waals surface area (Å²) in [6.45, 7) is 4.41. The van der Waals surface area contributed by atoms with E-state index in [9.17, 15) is 14.4 Å². The number of esters is 1. The van der Waals surface area contributed by atoms with E-state index in [1.54, 1.807) is 0 Å². The Labute approximate surface area is 86.9 Å². The number of carbonyl (C=O) groups excluding carboxylic acids is 3. The second kappa shape index (κ2) is 4.50. The monoisotopic (exact) mass is 205 g/mol. The van der Waals surface area contributed by atoms with Gasteiger partial charge < -0.3 is 4.74 Å². The molecule has 0 atom stereocenters. The second-order valence-corrected chi connectivity index (χ2v) is 2.90. The van der Waals surface area contributed by atoms with E-state index in [1.807, 2.05) is 0 Å². The first-order valence-corrected chi connectivity index (χ1v) is 4.18. The van der Waals surface area contributed by atoms with E-state index in [0.717, 1.165) is 0 Å². The summed E-state index contributed by atoms with van der Waals surface area (Å²) in [7, 11) is 0. The van der Waals surface area contributed by atoms with E-state index in [-0.39, 0.29) is 17.1 Å². The first kappa shape index (κ1) is 11.1. The van der Waals surface area contributed by atoms with Gasteiger partial charge in [0.15, 0.2) is 12.1 Å². The summed E-state index contributed by atoms with van der Waals surface area (Å²) in [6.07, 6.45) is 0.519. The molecule has 1 aromatic rings. The lowest BCUT2D eigenvalue weighted by atomic mass is 10.1. The summed E-state index contributed by atoms with van der Waals surface area (Å²) in [4.78, 5) is 32.3. The molecule has 0 heterocycles. The Balaban J connectivity index is 3.14. The maximum Gasteiger partial charge on any atom is 0.311 e. The van der Waals surface area contributed by atoms with E-state index in [2.05, 4.69) is 11.7 Å². The van der Waals surface area contributed by atoms with Crippen LogP contribution in [0.25, 0.3) is 0 Å². The third kappa shape index (κ3) is 2.74. The Morgan fingerprint density at radius 1 is 1.40 bits per heavy atom. The van der Waals surface area contributed by atoms with Crippen LogP contribution in [0.3, 0.4) is 0 Å². The molecule has 0 saturated carbocycles. The molecule has 0 bridgehead atoms. The summed E-state index contributed by atoms with van der Waals surface area (Å²) in [5.74, 6) is -0.811. The van der Waals surface area contributed by atoms with Crippen molar-refractivity contribution < 1.29 is 19.1 Å². The van der Waals surface area contributed by atoms with Gasteiger partial charge in [0.05, 0.1) is 12.5 Å². The number of carbonyl (C=O) groups is 3. The van der Waals surface area contributed by atoms with Gasteiger partial charge in [-0.25, -0.2) is 0 Å². The second-order valence-electron chi connectivity index (χ2n) is 2.90.